The predicted octanol–water partition coefficient (Wildman–Crippen LogP) is 2.65. The van der Waals surface area contributed by atoms with Crippen molar-refractivity contribution in [2.75, 3.05) is 13.2 Å². The van der Waals surface area contributed by atoms with Crippen LogP contribution in [0.1, 0.15) is 110 Å². The van der Waals surface area contributed by atoms with E-state index < -0.39 is 75.7 Å². The van der Waals surface area contributed by atoms with E-state index in [0.29, 0.717) is 12.8 Å². The Kier molecular flexibility index (Phi) is 19.9. The monoisotopic (exact) mass is 628 g/mol. The first kappa shape index (κ1) is 38.9. The first-order chi connectivity index (χ1) is 19.9. The van der Waals surface area contributed by atoms with Gasteiger partial charge in [-0.1, -0.05) is 84.5 Å². The summed E-state index contributed by atoms with van der Waals surface area (Å²) in [5, 5.41) is 49.3. The number of esters is 2. The molecular formula is C28H53O13P. The third-order valence-corrected chi connectivity index (χ3v) is 8.15. The van der Waals surface area contributed by atoms with Gasteiger partial charge >= 0.3 is 19.8 Å². The third kappa shape index (κ3) is 15.5. The van der Waals surface area contributed by atoms with Gasteiger partial charge in [0.05, 0.1) is 6.61 Å². The van der Waals surface area contributed by atoms with Crippen molar-refractivity contribution in [2.45, 2.75) is 153 Å². The van der Waals surface area contributed by atoms with E-state index in [4.69, 9.17) is 18.5 Å². The van der Waals surface area contributed by atoms with Crippen molar-refractivity contribution in [3.8, 4) is 0 Å². The zero-order valence-electron chi connectivity index (χ0n) is 25.1. The van der Waals surface area contributed by atoms with Crippen LogP contribution in [0, 0.1) is 0 Å². The summed E-state index contributed by atoms with van der Waals surface area (Å²) < 4.78 is 32.5. The summed E-state index contributed by atoms with van der Waals surface area (Å²) in [5.41, 5.74) is 0. The largest absolute Gasteiger partial charge is 0.472 e. The number of phosphoric acid groups is 1. The number of rotatable bonds is 23. The van der Waals surface area contributed by atoms with Gasteiger partial charge in [0.15, 0.2) is 6.10 Å². The molecule has 0 saturated heterocycles. The molecule has 0 bridgehead atoms. The molecule has 0 spiro atoms. The molecule has 1 rings (SSSR count). The number of ether oxygens (including phenoxy) is 2. The quantitative estimate of drug-likeness (QED) is 0.0547. The van der Waals surface area contributed by atoms with Gasteiger partial charge in [0.25, 0.3) is 0 Å². The molecule has 0 aromatic carbocycles. The first-order valence-electron chi connectivity index (χ1n) is 15.3. The normalized spacial score (nSPS) is 26.4. The van der Waals surface area contributed by atoms with Gasteiger partial charge in [0.1, 0.15) is 43.2 Å². The predicted molar refractivity (Wildman–Crippen MR) is 152 cm³/mol. The zero-order valence-corrected chi connectivity index (χ0v) is 25.9. The lowest BCUT2D eigenvalue weighted by atomic mass is 9.85. The highest BCUT2D eigenvalue weighted by Crippen LogP contribution is 2.47. The SMILES string of the molecule is CCCCCCCCCCCCCCC(=O)OC[C@H](COP(=O)(O)OC1C(O)C(O)C(O)[C@@H](O)C1O)OC(=O)CCC. The molecule has 0 aromatic heterocycles. The van der Waals surface area contributed by atoms with Gasteiger partial charge in [-0.25, -0.2) is 4.57 Å². The summed E-state index contributed by atoms with van der Waals surface area (Å²) in [5.74, 6) is -1.16. The Morgan fingerprint density at radius 1 is 0.643 bits per heavy atom. The van der Waals surface area contributed by atoms with Crippen LogP contribution in [0.2, 0.25) is 0 Å². The summed E-state index contributed by atoms with van der Waals surface area (Å²) in [6.45, 7) is 2.78. The van der Waals surface area contributed by atoms with Crippen molar-refractivity contribution in [1.29, 1.82) is 0 Å². The molecule has 1 saturated carbocycles. The van der Waals surface area contributed by atoms with Crippen molar-refractivity contribution >= 4 is 19.8 Å². The van der Waals surface area contributed by atoms with Crippen LogP contribution in [-0.4, -0.2) is 98.3 Å². The molecule has 6 unspecified atom stereocenters. The van der Waals surface area contributed by atoms with Gasteiger partial charge < -0.3 is 39.9 Å². The van der Waals surface area contributed by atoms with Crippen molar-refractivity contribution in [3.63, 3.8) is 0 Å². The van der Waals surface area contributed by atoms with Crippen molar-refractivity contribution < 1.29 is 63.1 Å². The maximum Gasteiger partial charge on any atom is 0.472 e. The van der Waals surface area contributed by atoms with E-state index in [0.717, 1.165) is 19.3 Å². The summed E-state index contributed by atoms with van der Waals surface area (Å²) in [7, 11) is -5.07. The fourth-order valence-electron chi connectivity index (χ4n) is 4.62. The third-order valence-electron chi connectivity index (χ3n) is 7.17. The number of hydrogen-bond donors (Lipinski definition) is 6. The summed E-state index contributed by atoms with van der Waals surface area (Å²) in [4.78, 5) is 34.3. The second kappa shape index (κ2) is 21.5. The number of hydrogen-bond acceptors (Lipinski definition) is 12. The molecule has 1 aliphatic carbocycles. The van der Waals surface area contributed by atoms with Gasteiger partial charge in [-0.2, -0.15) is 0 Å². The Morgan fingerprint density at radius 2 is 1.12 bits per heavy atom. The minimum Gasteiger partial charge on any atom is -0.462 e. The minimum atomic E-state index is -5.07. The molecule has 248 valence electrons. The van der Waals surface area contributed by atoms with Gasteiger partial charge in [0, 0.05) is 12.8 Å². The topological polar surface area (TPSA) is 210 Å². The standard InChI is InChI=1S/C28H53O13P/c1-3-5-6-7-8-9-10-11-12-13-14-15-17-21(29)38-18-20(40-22(30)16-4-2)19-39-42(36,37)41-28-26(34)24(32)23(31)25(33)27(28)35/h20,23-28,31-35H,3-19H2,1-2H3,(H,36,37)/t20-,23?,24-,25?,26?,27?,28?/m1/s1. The van der Waals surface area contributed by atoms with Crippen LogP contribution in [0.5, 0.6) is 0 Å². The van der Waals surface area contributed by atoms with Crippen LogP contribution in [0.15, 0.2) is 0 Å². The molecule has 0 amide bonds. The lowest BCUT2D eigenvalue weighted by molar-refractivity contribution is -0.220. The van der Waals surface area contributed by atoms with E-state index in [1.54, 1.807) is 6.92 Å². The van der Waals surface area contributed by atoms with Crippen molar-refractivity contribution in [2.24, 2.45) is 0 Å². The van der Waals surface area contributed by atoms with Crippen LogP contribution in [0.4, 0.5) is 0 Å². The Hall–Kier alpha value is -1.15. The number of unbranched alkanes of at least 4 members (excludes halogenated alkanes) is 11. The maximum atomic E-state index is 12.5. The van der Waals surface area contributed by atoms with E-state index >= 15 is 0 Å². The van der Waals surface area contributed by atoms with Crippen molar-refractivity contribution in [3.05, 3.63) is 0 Å². The van der Waals surface area contributed by atoms with Gasteiger partial charge in [0.2, 0.25) is 0 Å². The molecule has 13 nitrogen and oxygen atoms in total. The number of phosphoric ester groups is 1. The number of aliphatic hydroxyl groups excluding tert-OH is 5. The van der Waals surface area contributed by atoms with Gasteiger partial charge in [-0.15, -0.1) is 0 Å². The van der Waals surface area contributed by atoms with Gasteiger partial charge in [-0.3, -0.25) is 18.6 Å². The average Bonchev–Trinajstić information content (AvgIpc) is 2.95. The molecule has 0 aliphatic heterocycles. The molecule has 14 heteroatoms. The Labute approximate surface area is 249 Å². The lowest BCUT2D eigenvalue weighted by Crippen LogP contribution is -2.64. The highest BCUT2D eigenvalue weighted by Gasteiger charge is 2.51. The molecule has 0 aromatic rings. The molecule has 0 heterocycles. The fourth-order valence-corrected chi connectivity index (χ4v) is 5.59. The molecular weight excluding hydrogens is 575 g/mol. The van der Waals surface area contributed by atoms with Crippen LogP contribution in [-0.2, 0) is 32.7 Å². The summed E-state index contributed by atoms with van der Waals surface area (Å²) in [6.07, 6.45) is 1.38. The highest BCUT2D eigenvalue weighted by atomic mass is 31.2. The van der Waals surface area contributed by atoms with Crippen LogP contribution >= 0.6 is 7.82 Å². The molecule has 0 radical (unpaired) electrons. The number of aliphatic hydroxyl groups is 5. The van der Waals surface area contributed by atoms with Crippen LogP contribution in [0.3, 0.4) is 0 Å². The van der Waals surface area contributed by atoms with E-state index in [2.05, 4.69) is 6.92 Å². The second-order valence-electron chi connectivity index (χ2n) is 11.0. The average molecular weight is 629 g/mol. The number of carbonyl (C=O) groups excluding carboxylic acids is 2. The highest BCUT2D eigenvalue weighted by molar-refractivity contribution is 7.47. The summed E-state index contributed by atoms with van der Waals surface area (Å²) >= 11 is 0. The van der Waals surface area contributed by atoms with E-state index in [1.165, 1.54) is 51.4 Å². The molecule has 6 N–H and O–H groups in total. The number of carbonyl (C=O) groups is 2. The fraction of sp³-hybridized carbons (Fsp3) is 0.929. The van der Waals surface area contributed by atoms with Gasteiger partial charge in [-0.05, 0) is 12.8 Å². The first-order valence-corrected chi connectivity index (χ1v) is 16.8. The molecule has 42 heavy (non-hydrogen) atoms. The second-order valence-corrected chi connectivity index (χ2v) is 12.4. The van der Waals surface area contributed by atoms with Crippen molar-refractivity contribution in [1.82, 2.24) is 0 Å². The van der Waals surface area contributed by atoms with Crippen LogP contribution in [0.25, 0.3) is 0 Å². The molecule has 1 fully saturated rings. The minimum absolute atomic E-state index is 0.0507. The van der Waals surface area contributed by atoms with E-state index in [9.17, 15) is 44.6 Å². The smallest absolute Gasteiger partial charge is 0.462 e. The Balaban J connectivity index is 2.43. The zero-order chi connectivity index (χ0) is 31.5. The van der Waals surface area contributed by atoms with E-state index in [1.807, 2.05) is 0 Å². The van der Waals surface area contributed by atoms with E-state index in [-0.39, 0.29) is 12.8 Å². The lowest BCUT2D eigenvalue weighted by Gasteiger charge is -2.41. The maximum absolute atomic E-state index is 12.5. The molecule has 1 aliphatic rings. The molecule has 8 atom stereocenters. The Bertz CT molecular complexity index is 782. The Morgan fingerprint density at radius 3 is 1.62 bits per heavy atom. The van der Waals surface area contributed by atoms with Crippen LogP contribution < -0.4 is 0 Å². The summed E-state index contributed by atoms with van der Waals surface area (Å²) in [6, 6.07) is 0.